The Bertz CT molecular complexity index is 401. The minimum absolute atomic E-state index is 0.444. The summed E-state index contributed by atoms with van der Waals surface area (Å²) in [6, 6.07) is 0. The molecule has 5 nitrogen and oxygen atoms in total. The van der Waals surface area contributed by atoms with Crippen molar-refractivity contribution in [2.45, 2.75) is 25.4 Å². The molecular formula is C11H16N4O. The number of aromatic nitrogens is 2. The molecule has 1 aromatic rings. The number of nitrogens with zero attached hydrogens (tertiary/aromatic N) is 2. The van der Waals surface area contributed by atoms with E-state index in [0.717, 1.165) is 55.6 Å². The molecule has 86 valence electrons. The van der Waals surface area contributed by atoms with Crippen LogP contribution in [0.3, 0.4) is 0 Å². The summed E-state index contributed by atoms with van der Waals surface area (Å²) in [4.78, 5) is 9.18. The predicted molar refractivity (Wildman–Crippen MR) is 59.4 cm³/mol. The van der Waals surface area contributed by atoms with Crippen LogP contribution >= 0.6 is 0 Å². The van der Waals surface area contributed by atoms with Crippen LogP contribution in [0, 0.1) is 0 Å². The number of hydrogen-bond donors (Lipinski definition) is 2. The number of rotatable bonds is 2. The van der Waals surface area contributed by atoms with Crippen molar-refractivity contribution >= 4 is 0 Å². The molecule has 2 aliphatic heterocycles. The fourth-order valence-corrected chi connectivity index (χ4v) is 2.38. The molecule has 1 fully saturated rings. The van der Waals surface area contributed by atoms with Crippen molar-refractivity contribution in [1.82, 2.24) is 20.6 Å². The number of hydrogen-bond acceptors (Lipinski definition) is 5. The first-order chi connectivity index (χ1) is 7.88. The number of ether oxygens (including phenoxy) is 1. The normalized spacial score (nSPS) is 23.4. The maximum atomic E-state index is 5.35. The van der Waals surface area contributed by atoms with E-state index < -0.39 is 0 Å². The van der Waals surface area contributed by atoms with Crippen LogP contribution in [0.1, 0.15) is 29.4 Å². The minimum Gasteiger partial charge on any atom is -0.481 e. The Morgan fingerprint density at radius 2 is 2.19 bits per heavy atom. The summed E-state index contributed by atoms with van der Waals surface area (Å²) in [5.41, 5.74) is 2.23. The van der Waals surface area contributed by atoms with Crippen molar-refractivity contribution < 1.29 is 4.74 Å². The average molecular weight is 220 g/mol. The molecule has 3 rings (SSSR count). The summed E-state index contributed by atoms with van der Waals surface area (Å²) in [6.07, 6.45) is 1.12. The molecule has 2 N–H and O–H groups in total. The fourth-order valence-electron chi connectivity index (χ4n) is 2.38. The fraction of sp³-hybridized carbons (Fsp3) is 0.636. The zero-order valence-electron chi connectivity index (χ0n) is 9.42. The third kappa shape index (κ3) is 1.56. The molecule has 1 aromatic heterocycles. The lowest BCUT2D eigenvalue weighted by atomic mass is 10.1. The predicted octanol–water partition coefficient (Wildman–Crippen LogP) is 0.165. The molecule has 16 heavy (non-hydrogen) atoms. The second-order valence-electron chi connectivity index (χ2n) is 4.31. The Labute approximate surface area is 94.6 Å². The average Bonchev–Trinajstić information content (AvgIpc) is 2.97. The molecule has 0 aliphatic carbocycles. The number of methoxy groups -OCH3 is 1. The first-order valence-corrected chi connectivity index (χ1v) is 5.73. The summed E-state index contributed by atoms with van der Waals surface area (Å²) in [5.74, 6) is 2.13. The molecule has 1 saturated heterocycles. The van der Waals surface area contributed by atoms with Gasteiger partial charge in [0, 0.05) is 25.6 Å². The molecule has 0 aromatic carbocycles. The standard InChI is InChI=1S/C11H16N4O/c1-16-11-8-5-13-6-9(8)14-10(15-11)7-2-3-12-4-7/h7,12-13H,2-6H2,1H3. The van der Waals surface area contributed by atoms with Crippen LogP contribution in [0.2, 0.25) is 0 Å². The molecular weight excluding hydrogens is 204 g/mol. The third-order valence-electron chi connectivity index (χ3n) is 3.29. The van der Waals surface area contributed by atoms with Crippen molar-refractivity contribution in [1.29, 1.82) is 0 Å². The Kier molecular flexibility index (Phi) is 2.49. The minimum atomic E-state index is 0.444. The molecule has 0 amide bonds. The molecule has 0 saturated carbocycles. The first-order valence-electron chi connectivity index (χ1n) is 5.73. The zero-order chi connectivity index (χ0) is 11.0. The molecule has 5 heteroatoms. The summed E-state index contributed by atoms with van der Waals surface area (Å²) in [7, 11) is 1.68. The van der Waals surface area contributed by atoms with Crippen molar-refractivity contribution in [3.8, 4) is 5.88 Å². The lowest BCUT2D eigenvalue weighted by Crippen LogP contribution is -2.12. The number of fused-ring (bicyclic) bond motifs is 1. The van der Waals surface area contributed by atoms with Crippen molar-refractivity contribution in [2.24, 2.45) is 0 Å². The second kappa shape index (κ2) is 3.99. The second-order valence-corrected chi connectivity index (χ2v) is 4.31. The van der Waals surface area contributed by atoms with Crippen molar-refractivity contribution in [2.75, 3.05) is 20.2 Å². The zero-order valence-corrected chi connectivity index (χ0v) is 9.42. The summed E-state index contributed by atoms with van der Waals surface area (Å²) in [6.45, 7) is 3.70. The Balaban J connectivity index is 2.00. The lowest BCUT2D eigenvalue weighted by molar-refractivity contribution is 0.388. The van der Waals surface area contributed by atoms with E-state index in [9.17, 15) is 0 Å². The molecule has 2 aliphatic rings. The van der Waals surface area contributed by atoms with Crippen LogP contribution in [0.4, 0.5) is 0 Å². The summed E-state index contributed by atoms with van der Waals surface area (Å²) >= 11 is 0. The van der Waals surface area contributed by atoms with E-state index in [2.05, 4.69) is 20.6 Å². The van der Waals surface area contributed by atoms with Gasteiger partial charge in [-0.1, -0.05) is 0 Å². The maximum Gasteiger partial charge on any atom is 0.221 e. The van der Waals surface area contributed by atoms with Crippen LogP contribution in [0.15, 0.2) is 0 Å². The van der Waals surface area contributed by atoms with Gasteiger partial charge in [0.1, 0.15) is 5.82 Å². The quantitative estimate of drug-likeness (QED) is 0.744. The van der Waals surface area contributed by atoms with E-state index in [1.54, 1.807) is 7.11 Å². The van der Waals surface area contributed by atoms with E-state index in [1.807, 2.05) is 0 Å². The molecule has 1 atom stereocenters. The molecule has 3 heterocycles. The van der Waals surface area contributed by atoms with Gasteiger partial charge in [-0.25, -0.2) is 4.98 Å². The van der Waals surface area contributed by atoms with Crippen molar-refractivity contribution in [3.63, 3.8) is 0 Å². The van der Waals surface area contributed by atoms with E-state index in [-0.39, 0.29) is 0 Å². The summed E-state index contributed by atoms with van der Waals surface area (Å²) < 4.78 is 5.35. The van der Waals surface area contributed by atoms with Gasteiger partial charge < -0.3 is 15.4 Å². The van der Waals surface area contributed by atoms with E-state index in [4.69, 9.17) is 4.74 Å². The molecule has 0 bridgehead atoms. The van der Waals surface area contributed by atoms with Gasteiger partial charge in [-0.15, -0.1) is 0 Å². The highest BCUT2D eigenvalue weighted by atomic mass is 16.5. The topological polar surface area (TPSA) is 59.1 Å². The monoisotopic (exact) mass is 220 g/mol. The van der Waals surface area contributed by atoms with Gasteiger partial charge in [-0.3, -0.25) is 0 Å². The highest BCUT2D eigenvalue weighted by Crippen LogP contribution is 2.27. The largest absolute Gasteiger partial charge is 0.481 e. The van der Waals surface area contributed by atoms with Gasteiger partial charge in [0.25, 0.3) is 0 Å². The van der Waals surface area contributed by atoms with E-state index in [1.165, 1.54) is 0 Å². The van der Waals surface area contributed by atoms with E-state index in [0.29, 0.717) is 5.92 Å². The van der Waals surface area contributed by atoms with Gasteiger partial charge in [-0.05, 0) is 13.0 Å². The van der Waals surface area contributed by atoms with Crippen molar-refractivity contribution in [3.05, 3.63) is 17.1 Å². The Morgan fingerprint density at radius 1 is 1.25 bits per heavy atom. The van der Waals surface area contributed by atoms with Gasteiger partial charge >= 0.3 is 0 Å². The molecule has 0 spiro atoms. The van der Waals surface area contributed by atoms with Crippen LogP contribution in [-0.2, 0) is 13.1 Å². The molecule has 0 radical (unpaired) electrons. The molecule has 1 unspecified atom stereocenters. The SMILES string of the molecule is COc1nc(C2CCNC2)nc2c1CNC2. The number of nitrogens with one attached hydrogen (secondary N) is 2. The van der Waals surface area contributed by atoms with Crippen LogP contribution in [-0.4, -0.2) is 30.2 Å². The first kappa shape index (κ1) is 9.99. The smallest absolute Gasteiger partial charge is 0.221 e. The van der Waals surface area contributed by atoms with Gasteiger partial charge in [0.05, 0.1) is 18.4 Å². The highest BCUT2D eigenvalue weighted by Gasteiger charge is 2.25. The van der Waals surface area contributed by atoms with Gasteiger partial charge in [0.2, 0.25) is 5.88 Å². The van der Waals surface area contributed by atoms with E-state index >= 15 is 0 Å². The summed E-state index contributed by atoms with van der Waals surface area (Å²) in [5, 5.41) is 6.62. The highest BCUT2D eigenvalue weighted by molar-refractivity contribution is 5.34. The Morgan fingerprint density at radius 3 is 2.94 bits per heavy atom. The lowest BCUT2D eigenvalue weighted by Gasteiger charge is -2.11. The maximum absolute atomic E-state index is 5.35. The third-order valence-corrected chi connectivity index (χ3v) is 3.29. The van der Waals surface area contributed by atoms with Crippen LogP contribution in [0.5, 0.6) is 5.88 Å². The van der Waals surface area contributed by atoms with Crippen LogP contribution < -0.4 is 15.4 Å². The Hall–Kier alpha value is -1.20. The van der Waals surface area contributed by atoms with Gasteiger partial charge in [0.15, 0.2) is 0 Å². The van der Waals surface area contributed by atoms with Gasteiger partial charge in [-0.2, -0.15) is 4.98 Å². The van der Waals surface area contributed by atoms with Crippen LogP contribution in [0.25, 0.3) is 0 Å².